The van der Waals surface area contributed by atoms with Crippen LogP contribution < -0.4 is 4.18 Å². The minimum absolute atomic E-state index is 0.446. The Hall–Kier alpha value is -1.49. The molecule has 98 valence electrons. The average molecular weight is 267 g/mol. The molecule has 0 amide bonds. The van der Waals surface area contributed by atoms with Crippen LogP contribution in [0.25, 0.3) is 10.9 Å². The number of aromatic amines is 1. The minimum atomic E-state index is -3.51. The first-order valence-electron chi connectivity index (χ1n) is 6.00. The Morgan fingerprint density at radius 2 is 2.00 bits per heavy atom. The second-order valence-electron chi connectivity index (χ2n) is 4.37. The van der Waals surface area contributed by atoms with E-state index in [1.54, 1.807) is 0 Å². The number of unbranched alkanes of at least 4 members (excludes halogenated alkanes) is 1. The van der Waals surface area contributed by atoms with Gasteiger partial charge in [-0.3, -0.25) is 0 Å². The molecule has 0 saturated heterocycles. The highest BCUT2D eigenvalue weighted by molar-refractivity contribution is 7.86. The monoisotopic (exact) mass is 267 g/mol. The summed E-state index contributed by atoms with van der Waals surface area (Å²) in [7, 11) is -3.51. The number of rotatable bonds is 5. The summed E-state index contributed by atoms with van der Waals surface area (Å²) in [5.41, 5.74) is 1.76. The zero-order valence-electron chi connectivity index (χ0n) is 10.6. The van der Waals surface area contributed by atoms with Crippen molar-refractivity contribution in [2.24, 2.45) is 0 Å². The third-order valence-corrected chi connectivity index (χ3v) is 3.22. The summed E-state index contributed by atoms with van der Waals surface area (Å²) in [6.45, 7) is 2.10. The van der Waals surface area contributed by atoms with Crippen LogP contribution in [0.2, 0.25) is 0 Å². The normalized spacial score (nSPS) is 11.9. The van der Waals surface area contributed by atoms with Crippen LogP contribution in [0.4, 0.5) is 0 Å². The van der Waals surface area contributed by atoms with Crippen molar-refractivity contribution in [2.45, 2.75) is 26.2 Å². The topological polar surface area (TPSA) is 59.2 Å². The third-order valence-electron chi connectivity index (χ3n) is 2.75. The molecule has 1 heterocycles. The van der Waals surface area contributed by atoms with E-state index in [1.807, 2.05) is 24.3 Å². The summed E-state index contributed by atoms with van der Waals surface area (Å²) >= 11 is 0. The Morgan fingerprint density at radius 3 is 2.67 bits per heavy atom. The number of hydrogen-bond donors (Lipinski definition) is 1. The molecule has 0 unspecified atom stereocenters. The van der Waals surface area contributed by atoms with Gasteiger partial charge in [0.2, 0.25) is 0 Å². The van der Waals surface area contributed by atoms with E-state index in [4.69, 9.17) is 4.18 Å². The van der Waals surface area contributed by atoms with Crippen molar-refractivity contribution in [3.05, 3.63) is 30.0 Å². The van der Waals surface area contributed by atoms with E-state index < -0.39 is 10.1 Å². The molecule has 1 aromatic carbocycles. The maximum Gasteiger partial charge on any atom is 0.306 e. The molecule has 0 fully saturated rings. The summed E-state index contributed by atoms with van der Waals surface area (Å²) in [6.07, 6.45) is 3.90. The molecule has 5 heteroatoms. The summed E-state index contributed by atoms with van der Waals surface area (Å²) in [4.78, 5) is 3.23. The molecule has 18 heavy (non-hydrogen) atoms. The van der Waals surface area contributed by atoms with E-state index in [0.717, 1.165) is 42.1 Å². The van der Waals surface area contributed by atoms with Gasteiger partial charge in [0.1, 0.15) is 0 Å². The van der Waals surface area contributed by atoms with Gasteiger partial charge in [-0.1, -0.05) is 25.5 Å². The summed E-state index contributed by atoms with van der Waals surface area (Å²) in [5, 5.41) is 0.814. The van der Waals surface area contributed by atoms with Gasteiger partial charge in [0, 0.05) is 10.9 Å². The first kappa shape index (κ1) is 13.0. The SMILES string of the molecule is CCCCc1[nH]c2ccccc2c1OS(C)(=O)=O. The number of H-pyrrole nitrogens is 1. The average Bonchev–Trinajstić information content (AvgIpc) is 2.63. The fourth-order valence-electron chi connectivity index (χ4n) is 1.95. The summed E-state index contributed by atoms with van der Waals surface area (Å²) in [5.74, 6) is 0.446. The number of aromatic nitrogens is 1. The standard InChI is InChI=1S/C13H17NO3S/c1-3-4-8-12-13(17-18(2,15)16)10-7-5-6-9-11(10)14-12/h5-7,9,14H,3-4,8H2,1-2H3. The van der Waals surface area contributed by atoms with Crippen LogP contribution in [-0.2, 0) is 16.5 Å². The molecule has 0 atom stereocenters. The first-order chi connectivity index (χ1) is 8.51. The zero-order valence-corrected chi connectivity index (χ0v) is 11.4. The first-order valence-corrected chi connectivity index (χ1v) is 7.82. The van der Waals surface area contributed by atoms with Crippen LogP contribution in [0.5, 0.6) is 5.75 Å². The van der Waals surface area contributed by atoms with Gasteiger partial charge < -0.3 is 9.17 Å². The van der Waals surface area contributed by atoms with Crippen LogP contribution in [0.1, 0.15) is 25.5 Å². The molecule has 2 rings (SSSR count). The molecule has 0 bridgehead atoms. The van der Waals surface area contributed by atoms with Gasteiger partial charge >= 0.3 is 10.1 Å². The van der Waals surface area contributed by atoms with Gasteiger partial charge in [-0.25, -0.2) is 0 Å². The number of hydrogen-bond acceptors (Lipinski definition) is 3. The molecule has 1 aromatic heterocycles. The maximum atomic E-state index is 11.3. The highest BCUT2D eigenvalue weighted by atomic mass is 32.2. The number of aryl methyl sites for hydroxylation is 1. The number of para-hydroxylation sites is 1. The predicted molar refractivity (Wildman–Crippen MR) is 72.4 cm³/mol. The van der Waals surface area contributed by atoms with Gasteiger partial charge in [0.05, 0.1) is 11.9 Å². The quantitative estimate of drug-likeness (QED) is 0.847. The Balaban J connectivity index is 2.50. The van der Waals surface area contributed by atoms with Gasteiger partial charge in [-0.05, 0) is 25.0 Å². The lowest BCUT2D eigenvalue weighted by molar-refractivity contribution is 0.491. The van der Waals surface area contributed by atoms with Crippen LogP contribution in [0.15, 0.2) is 24.3 Å². The van der Waals surface area contributed by atoms with Gasteiger partial charge in [-0.2, -0.15) is 8.42 Å². The molecule has 1 N–H and O–H groups in total. The molecule has 0 aliphatic heterocycles. The lowest BCUT2D eigenvalue weighted by Crippen LogP contribution is -2.07. The maximum absolute atomic E-state index is 11.3. The van der Waals surface area contributed by atoms with Crippen molar-refractivity contribution >= 4 is 21.0 Å². The second-order valence-corrected chi connectivity index (χ2v) is 5.94. The fraction of sp³-hybridized carbons (Fsp3) is 0.385. The second kappa shape index (κ2) is 5.02. The molecular weight excluding hydrogens is 250 g/mol. The lowest BCUT2D eigenvalue weighted by atomic mass is 10.2. The molecule has 0 saturated carbocycles. The van der Waals surface area contributed by atoms with E-state index in [-0.39, 0.29) is 0 Å². The van der Waals surface area contributed by atoms with Crippen molar-refractivity contribution in [1.29, 1.82) is 0 Å². The van der Waals surface area contributed by atoms with E-state index in [1.165, 1.54) is 0 Å². The van der Waals surface area contributed by atoms with Crippen molar-refractivity contribution in [1.82, 2.24) is 4.98 Å². The van der Waals surface area contributed by atoms with Crippen molar-refractivity contribution in [3.8, 4) is 5.75 Å². The third kappa shape index (κ3) is 2.85. The Morgan fingerprint density at radius 1 is 1.28 bits per heavy atom. The molecule has 2 aromatic rings. The smallest absolute Gasteiger partial charge is 0.306 e. The molecule has 0 radical (unpaired) electrons. The van der Waals surface area contributed by atoms with Crippen LogP contribution in [0, 0.1) is 0 Å². The van der Waals surface area contributed by atoms with Crippen molar-refractivity contribution in [3.63, 3.8) is 0 Å². The van der Waals surface area contributed by atoms with E-state index in [9.17, 15) is 8.42 Å². The van der Waals surface area contributed by atoms with Crippen molar-refractivity contribution < 1.29 is 12.6 Å². The van der Waals surface area contributed by atoms with E-state index in [2.05, 4.69) is 11.9 Å². The molecule has 0 aliphatic rings. The Kier molecular flexibility index (Phi) is 3.61. The van der Waals surface area contributed by atoms with E-state index in [0.29, 0.717) is 5.75 Å². The molecular formula is C13H17NO3S. The summed E-state index contributed by atoms with van der Waals surface area (Å²) < 4.78 is 27.8. The Labute approximate surface area is 107 Å². The van der Waals surface area contributed by atoms with Crippen LogP contribution in [0.3, 0.4) is 0 Å². The summed E-state index contributed by atoms with van der Waals surface area (Å²) in [6, 6.07) is 7.56. The fourth-order valence-corrected chi connectivity index (χ4v) is 2.44. The lowest BCUT2D eigenvalue weighted by Gasteiger charge is -2.04. The molecule has 4 nitrogen and oxygen atoms in total. The van der Waals surface area contributed by atoms with Gasteiger partial charge in [-0.15, -0.1) is 0 Å². The number of benzene rings is 1. The number of fused-ring (bicyclic) bond motifs is 1. The Bertz CT molecular complexity index is 643. The van der Waals surface area contributed by atoms with Gasteiger partial charge in [0.25, 0.3) is 0 Å². The highest BCUT2D eigenvalue weighted by Crippen LogP contribution is 2.31. The number of nitrogens with one attached hydrogen (secondary N) is 1. The minimum Gasteiger partial charge on any atom is -0.380 e. The largest absolute Gasteiger partial charge is 0.380 e. The molecule has 0 aliphatic carbocycles. The highest BCUT2D eigenvalue weighted by Gasteiger charge is 2.16. The predicted octanol–water partition coefficient (Wildman–Crippen LogP) is 2.85. The van der Waals surface area contributed by atoms with Crippen LogP contribution >= 0.6 is 0 Å². The molecule has 0 spiro atoms. The zero-order chi connectivity index (χ0) is 13.2. The van der Waals surface area contributed by atoms with Gasteiger partial charge in [0.15, 0.2) is 5.75 Å². The van der Waals surface area contributed by atoms with E-state index >= 15 is 0 Å². The van der Waals surface area contributed by atoms with Crippen molar-refractivity contribution in [2.75, 3.05) is 6.26 Å². The van der Waals surface area contributed by atoms with Crippen LogP contribution in [-0.4, -0.2) is 19.7 Å².